The van der Waals surface area contributed by atoms with Gasteiger partial charge in [0.15, 0.2) is 0 Å². The zero-order valence-electron chi connectivity index (χ0n) is 10.9. The molecule has 0 bridgehead atoms. The molecule has 0 spiro atoms. The van der Waals surface area contributed by atoms with Crippen LogP contribution in [0.3, 0.4) is 0 Å². The number of methoxy groups -OCH3 is 2. The van der Waals surface area contributed by atoms with Gasteiger partial charge in [0.1, 0.15) is 17.0 Å². The van der Waals surface area contributed by atoms with Crippen molar-refractivity contribution in [3.8, 4) is 11.5 Å². The standard InChI is InChI=1S/C14H15ClN2O2/c1-18-10-6-8(15)14(19-2)11-12(16)7-4-3-5-9(7)17-13(10)11/h6H,3-5H2,1-2H3,(H2,16,17). The van der Waals surface area contributed by atoms with E-state index in [1.807, 2.05) is 0 Å². The molecule has 0 radical (unpaired) electrons. The lowest BCUT2D eigenvalue weighted by Crippen LogP contribution is -2.02. The number of aromatic nitrogens is 1. The van der Waals surface area contributed by atoms with E-state index in [9.17, 15) is 0 Å². The van der Waals surface area contributed by atoms with E-state index < -0.39 is 0 Å². The van der Waals surface area contributed by atoms with Crippen LogP contribution in [0.2, 0.25) is 5.02 Å². The van der Waals surface area contributed by atoms with Gasteiger partial charge in [0.25, 0.3) is 0 Å². The second kappa shape index (κ2) is 4.46. The molecular weight excluding hydrogens is 264 g/mol. The molecule has 1 aliphatic rings. The number of nitrogens with two attached hydrogens (primary N) is 1. The normalized spacial score (nSPS) is 13.6. The fourth-order valence-corrected chi connectivity index (χ4v) is 3.01. The molecule has 2 N–H and O–H groups in total. The summed E-state index contributed by atoms with van der Waals surface area (Å²) >= 11 is 6.22. The van der Waals surface area contributed by atoms with Gasteiger partial charge >= 0.3 is 0 Å². The van der Waals surface area contributed by atoms with Crippen molar-refractivity contribution in [3.05, 3.63) is 22.3 Å². The van der Waals surface area contributed by atoms with Gasteiger partial charge in [0.2, 0.25) is 0 Å². The topological polar surface area (TPSA) is 57.4 Å². The highest BCUT2D eigenvalue weighted by Gasteiger charge is 2.23. The average Bonchev–Trinajstić information content (AvgIpc) is 2.87. The van der Waals surface area contributed by atoms with Crippen LogP contribution >= 0.6 is 11.6 Å². The van der Waals surface area contributed by atoms with E-state index in [4.69, 9.17) is 31.8 Å². The molecule has 3 rings (SSSR count). The third-order valence-electron chi connectivity index (χ3n) is 3.63. The number of aryl methyl sites for hydroxylation is 1. The Bertz CT molecular complexity index is 671. The lowest BCUT2D eigenvalue weighted by atomic mass is 10.1. The zero-order valence-corrected chi connectivity index (χ0v) is 11.7. The zero-order chi connectivity index (χ0) is 13.6. The predicted octanol–water partition coefficient (Wildman–Crippen LogP) is 2.98. The fraction of sp³-hybridized carbons (Fsp3) is 0.357. The van der Waals surface area contributed by atoms with Crippen molar-refractivity contribution in [1.82, 2.24) is 4.98 Å². The minimum Gasteiger partial charge on any atom is -0.494 e. The summed E-state index contributed by atoms with van der Waals surface area (Å²) in [4.78, 5) is 4.69. The van der Waals surface area contributed by atoms with E-state index in [1.165, 1.54) is 0 Å². The summed E-state index contributed by atoms with van der Waals surface area (Å²) in [6.45, 7) is 0. The lowest BCUT2D eigenvalue weighted by molar-refractivity contribution is 0.410. The highest BCUT2D eigenvalue weighted by molar-refractivity contribution is 6.34. The molecule has 1 aromatic carbocycles. The third-order valence-corrected chi connectivity index (χ3v) is 3.91. The first-order valence-corrected chi connectivity index (χ1v) is 6.56. The van der Waals surface area contributed by atoms with Crippen molar-refractivity contribution in [1.29, 1.82) is 0 Å². The molecule has 5 heteroatoms. The number of ether oxygens (including phenoxy) is 2. The van der Waals surface area contributed by atoms with E-state index in [0.29, 0.717) is 16.5 Å². The lowest BCUT2D eigenvalue weighted by Gasteiger charge is -2.15. The molecule has 0 unspecified atom stereocenters. The first-order valence-electron chi connectivity index (χ1n) is 6.18. The second-order valence-corrected chi connectivity index (χ2v) is 5.03. The summed E-state index contributed by atoms with van der Waals surface area (Å²) in [7, 11) is 3.18. The van der Waals surface area contributed by atoms with Crippen LogP contribution < -0.4 is 15.2 Å². The van der Waals surface area contributed by atoms with Crippen LogP contribution in [0.15, 0.2) is 6.07 Å². The van der Waals surface area contributed by atoms with Gasteiger partial charge in [-0.05, 0) is 24.8 Å². The number of hydrogen-bond donors (Lipinski definition) is 1. The maximum atomic E-state index is 6.30. The molecule has 0 atom stereocenters. The van der Waals surface area contributed by atoms with E-state index in [2.05, 4.69) is 0 Å². The van der Waals surface area contributed by atoms with E-state index in [-0.39, 0.29) is 0 Å². The molecule has 19 heavy (non-hydrogen) atoms. The van der Waals surface area contributed by atoms with Gasteiger partial charge < -0.3 is 15.2 Å². The van der Waals surface area contributed by atoms with Gasteiger partial charge in [0, 0.05) is 17.4 Å². The van der Waals surface area contributed by atoms with Crippen molar-refractivity contribution in [3.63, 3.8) is 0 Å². The van der Waals surface area contributed by atoms with Gasteiger partial charge in [-0.25, -0.2) is 4.98 Å². The van der Waals surface area contributed by atoms with E-state index in [1.54, 1.807) is 20.3 Å². The maximum Gasteiger partial charge on any atom is 0.149 e. The maximum absolute atomic E-state index is 6.30. The monoisotopic (exact) mass is 278 g/mol. The molecule has 0 aliphatic heterocycles. The number of pyridine rings is 1. The van der Waals surface area contributed by atoms with Crippen molar-refractivity contribution >= 4 is 28.2 Å². The van der Waals surface area contributed by atoms with Crippen molar-refractivity contribution in [2.45, 2.75) is 19.3 Å². The molecule has 0 amide bonds. The summed E-state index contributed by atoms with van der Waals surface area (Å²) < 4.78 is 10.8. The Balaban J connectivity index is 2.47. The largest absolute Gasteiger partial charge is 0.494 e. The predicted molar refractivity (Wildman–Crippen MR) is 76.3 cm³/mol. The quantitative estimate of drug-likeness (QED) is 0.917. The summed E-state index contributed by atoms with van der Waals surface area (Å²) in [5.41, 5.74) is 9.93. The molecule has 4 nitrogen and oxygen atoms in total. The first-order chi connectivity index (χ1) is 9.17. The molecule has 0 fully saturated rings. The smallest absolute Gasteiger partial charge is 0.149 e. The van der Waals surface area contributed by atoms with Crippen LogP contribution in [0.4, 0.5) is 5.69 Å². The Morgan fingerprint density at radius 3 is 2.74 bits per heavy atom. The van der Waals surface area contributed by atoms with Gasteiger partial charge in [0.05, 0.1) is 24.6 Å². The SMILES string of the molecule is COc1cc(Cl)c(OC)c2c(N)c3c(nc12)CCC3. The molecule has 1 aromatic heterocycles. The second-order valence-electron chi connectivity index (χ2n) is 4.62. The summed E-state index contributed by atoms with van der Waals surface area (Å²) in [6.07, 6.45) is 3.01. The van der Waals surface area contributed by atoms with Crippen molar-refractivity contribution in [2.24, 2.45) is 0 Å². The van der Waals surface area contributed by atoms with Crippen LogP contribution in [0.1, 0.15) is 17.7 Å². The molecule has 0 saturated heterocycles. The van der Waals surface area contributed by atoms with Gasteiger partial charge in [-0.2, -0.15) is 0 Å². The number of fused-ring (bicyclic) bond motifs is 2. The molecular formula is C14H15ClN2O2. The summed E-state index contributed by atoms with van der Waals surface area (Å²) in [6, 6.07) is 1.72. The van der Waals surface area contributed by atoms with Gasteiger partial charge in [-0.3, -0.25) is 0 Å². The molecule has 1 aliphatic carbocycles. The van der Waals surface area contributed by atoms with E-state index >= 15 is 0 Å². The van der Waals surface area contributed by atoms with Crippen LogP contribution in [0, 0.1) is 0 Å². The van der Waals surface area contributed by atoms with Gasteiger partial charge in [-0.1, -0.05) is 11.6 Å². The molecule has 2 aromatic rings. The number of benzene rings is 1. The number of anilines is 1. The number of rotatable bonds is 2. The van der Waals surface area contributed by atoms with Crippen LogP contribution in [0.25, 0.3) is 10.9 Å². The Labute approximate surface area is 116 Å². The Hall–Kier alpha value is -1.68. The number of hydrogen-bond acceptors (Lipinski definition) is 4. The van der Waals surface area contributed by atoms with E-state index in [0.717, 1.165) is 47.1 Å². The molecule has 100 valence electrons. The Kier molecular flexibility index (Phi) is 2.90. The van der Waals surface area contributed by atoms with Crippen LogP contribution in [-0.2, 0) is 12.8 Å². The highest BCUT2D eigenvalue weighted by Crippen LogP contribution is 2.44. The van der Waals surface area contributed by atoms with Gasteiger partial charge in [-0.15, -0.1) is 0 Å². The number of nitrogen functional groups attached to an aromatic ring is 1. The van der Waals surface area contributed by atoms with Crippen LogP contribution in [0.5, 0.6) is 11.5 Å². The Morgan fingerprint density at radius 1 is 1.26 bits per heavy atom. The van der Waals surface area contributed by atoms with Crippen LogP contribution in [-0.4, -0.2) is 19.2 Å². The fourth-order valence-electron chi connectivity index (χ4n) is 2.74. The number of nitrogens with zero attached hydrogens (tertiary/aromatic N) is 1. The highest BCUT2D eigenvalue weighted by atomic mass is 35.5. The molecule has 1 heterocycles. The average molecular weight is 279 g/mol. The van der Waals surface area contributed by atoms with Crippen molar-refractivity contribution < 1.29 is 9.47 Å². The minimum atomic E-state index is 0.485. The summed E-state index contributed by atoms with van der Waals surface area (Å²) in [5, 5.41) is 1.24. The minimum absolute atomic E-state index is 0.485. The van der Waals surface area contributed by atoms with Crippen molar-refractivity contribution in [2.75, 3.05) is 20.0 Å². The third kappa shape index (κ3) is 1.70. The molecule has 0 saturated carbocycles. The Morgan fingerprint density at radius 2 is 2.05 bits per heavy atom. The first kappa shape index (κ1) is 12.4. The summed E-state index contributed by atoms with van der Waals surface area (Å²) in [5.74, 6) is 1.19. The number of halogens is 1.